The van der Waals surface area contributed by atoms with Gasteiger partial charge in [-0.15, -0.1) is 0 Å². The molecule has 3 aromatic carbocycles. The van der Waals surface area contributed by atoms with Crippen molar-refractivity contribution in [3.63, 3.8) is 0 Å². The Hall–Kier alpha value is -4.63. The molecule has 0 fully saturated rings. The minimum atomic E-state index is -0.903. The summed E-state index contributed by atoms with van der Waals surface area (Å²) in [4.78, 5) is 33.0. The first-order valence-electron chi connectivity index (χ1n) is 12.7. The van der Waals surface area contributed by atoms with E-state index in [1.54, 1.807) is 56.3 Å². The maximum Gasteiger partial charge on any atom is 0.338 e. The Morgan fingerprint density at radius 3 is 2.52 bits per heavy atom. The summed E-state index contributed by atoms with van der Waals surface area (Å²) >= 11 is 1.22. The van der Waals surface area contributed by atoms with Crippen molar-refractivity contribution in [1.82, 2.24) is 4.57 Å². The molecule has 1 aromatic heterocycles. The fourth-order valence-corrected chi connectivity index (χ4v) is 5.78. The third kappa shape index (κ3) is 4.80. The van der Waals surface area contributed by atoms with Gasteiger partial charge in [-0.05, 0) is 49.2 Å². The van der Waals surface area contributed by atoms with E-state index in [9.17, 15) is 14.7 Å². The van der Waals surface area contributed by atoms with Gasteiger partial charge in [-0.1, -0.05) is 59.9 Å². The number of carbonyl (C=O) groups excluding carboxylic acids is 1. The molecule has 204 valence electrons. The van der Waals surface area contributed by atoms with Crippen LogP contribution in [0.5, 0.6) is 17.2 Å². The lowest BCUT2D eigenvalue weighted by Gasteiger charge is -2.27. The van der Waals surface area contributed by atoms with E-state index in [1.807, 2.05) is 30.3 Å². The third-order valence-electron chi connectivity index (χ3n) is 6.62. The second kappa shape index (κ2) is 11.2. The molecule has 40 heavy (non-hydrogen) atoms. The second-order valence-corrected chi connectivity index (χ2v) is 10.1. The molecule has 8 nitrogen and oxygen atoms in total. The third-order valence-corrected chi connectivity index (χ3v) is 7.60. The first kappa shape index (κ1) is 27.0. The molecule has 5 rings (SSSR count). The van der Waals surface area contributed by atoms with Gasteiger partial charge in [0.15, 0.2) is 16.3 Å². The first-order valence-corrected chi connectivity index (χ1v) is 13.5. The highest BCUT2D eigenvalue weighted by Gasteiger charge is 2.37. The SMILES string of the molecule is CCOC(=O)C1=C(c2ccccc2)N=c2s/c(=C\c3ccc(O)c(C)c3)c(=O)n2C1c1cccc(OC)c1OC. The Labute approximate surface area is 234 Å². The number of aryl methyl sites for hydroxylation is 1. The van der Waals surface area contributed by atoms with Crippen LogP contribution >= 0.6 is 11.3 Å². The summed E-state index contributed by atoms with van der Waals surface area (Å²) in [5.41, 5.74) is 3.03. The Morgan fingerprint density at radius 2 is 1.85 bits per heavy atom. The minimum Gasteiger partial charge on any atom is -0.508 e. The zero-order chi connectivity index (χ0) is 28.4. The number of rotatable bonds is 7. The van der Waals surface area contributed by atoms with Crippen LogP contribution in [0.3, 0.4) is 0 Å². The van der Waals surface area contributed by atoms with Crippen LogP contribution in [0.15, 0.2) is 82.1 Å². The predicted octanol–water partition coefficient (Wildman–Crippen LogP) is 3.97. The molecule has 1 atom stereocenters. The van der Waals surface area contributed by atoms with Crippen molar-refractivity contribution in [2.75, 3.05) is 20.8 Å². The van der Waals surface area contributed by atoms with Crippen molar-refractivity contribution in [2.45, 2.75) is 19.9 Å². The number of hydrogen-bond acceptors (Lipinski definition) is 8. The summed E-state index contributed by atoms with van der Waals surface area (Å²) < 4.78 is 18.8. The summed E-state index contributed by atoms with van der Waals surface area (Å²) in [6.45, 7) is 3.68. The number of benzene rings is 3. The van der Waals surface area contributed by atoms with Crippen LogP contribution < -0.4 is 24.4 Å². The summed E-state index contributed by atoms with van der Waals surface area (Å²) in [6, 6.07) is 18.9. The van der Waals surface area contributed by atoms with Gasteiger partial charge in [-0.2, -0.15) is 0 Å². The Balaban J connectivity index is 1.88. The summed E-state index contributed by atoms with van der Waals surface area (Å²) in [5.74, 6) is 0.455. The molecule has 1 aliphatic rings. The monoisotopic (exact) mass is 556 g/mol. The molecule has 0 aliphatic carbocycles. The van der Waals surface area contributed by atoms with Gasteiger partial charge in [0.05, 0.1) is 36.6 Å². The van der Waals surface area contributed by atoms with Crippen LogP contribution in [0, 0.1) is 6.92 Å². The van der Waals surface area contributed by atoms with Crippen molar-refractivity contribution >= 4 is 29.1 Å². The number of hydrogen-bond donors (Lipinski definition) is 1. The van der Waals surface area contributed by atoms with Crippen LogP contribution in [0.1, 0.15) is 35.2 Å². The smallest absolute Gasteiger partial charge is 0.338 e. The average Bonchev–Trinajstić information content (AvgIpc) is 3.28. The van der Waals surface area contributed by atoms with Gasteiger partial charge in [0.1, 0.15) is 11.8 Å². The molecule has 1 unspecified atom stereocenters. The Kier molecular flexibility index (Phi) is 7.57. The van der Waals surface area contributed by atoms with Gasteiger partial charge in [-0.3, -0.25) is 9.36 Å². The lowest BCUT2D eigenvalue weighted by atomic mass is 9.92. The van der Waals surface area contributed by atoms with Crippen molar-refractivity contribution in [1.29, 1.82) is 0 Å². The minimum absolute atomic E-state index is 0.150. The van der Waals surface area contributed by atoms with Gasteiger partial charge < -0.3 is 19.3 Å². The molecule has 0 saturated carbocycles. The number of aromatic nitrogens is 1. The maximum absolute atomic E-state index is 14.1. The van der Waals surface area contributed by atoms with E-state index < -0.39 is 12.0 Å². The molecule has 0 radical (unpaired) electrons. The Bertz CT molecular complexity index is 1800. The van der Waals surface area contributed by atoms with E-state index in [1.165, 1.54) is 30.1 Å². The molecule has 0 saturated heterocycles. The molecule has 4 aromatic rings. The van der Waals surface area contributed by atoms with Crippen molar-refractivity contribution in [3.8, 4) is 17.2 Å². The molecule has 0 amide bonds. The van der Waals surface area contributed by atoms with E-state index in [-0.39, 0.29) is 23.5 Å². The number of fused-ring (bicyclic) bond motifs is 1. The standard InChI is InChI=1S/C31H28N2O6S/c1-5-39-30(36)25-26(20-10-7-6-8-11-20)32-31-33(27(25)21-12-9-13-23(37-3)28(21)38-4)29(35)24(40-31)17-19-14-15-22(34)18(2)16-19/h6-17,27,34H,5H2,1-4H3/b24-17-. The average molecular weight is 557 g/mol. The highest BCUT2D eigenvalue weighted by Crippen LogP contribution is 2.42. The first-order chi connectivity index (χ1) is 19.4. The van der Waals surface area contributed by atoms with E-state index in [0.29, 0.717) is 43.2 Å². The molecule has 1 aliphatic heterocycles. The normalized spacial score (nSPS) is 14.9. The maximum atomic E-state index is 14.1. The van der Waals surface area contributed by atoms with Gasteiger partial charge in [0, 0.05) is 11.1 Å². The number of nitrogens with zero attached hydrogens (tertiary/aromatic N) is 2. The number of ether oxygens (including phenoxy) is 3. The van der Waals surface area contributed by atoms with Gasteiger partial charge in [-0.25, -0.2) is 9.79 Å². The van der Waals surface area contributed by atoms with E-state index in [4.69, 9.17) is 19.2 Å². The van der Waals surface area contributed by atoms with Crippen LogP contribution in [0.4, 0.5) is 0 Å². The highest BCUT2D eigenvalue weighted by atomic mass is 32.1. The predicted molar refractivity (Wildman–Crippen MR) is 153 cm³/mol. The van der Waals surface area contributed by atoms with E-state index in [2.05, 4.69) is 0 Å². The summed E-state index contributed by atoms with van der Waals surface area (Å²) in [7, 11) is 3.05. The van der Waals surface area contributed by atoms with Crippen molar-refractivity contribution in [3.05, 3.63) is 114 Å². The highest BCUT2D eigenvalue weighted by molar-refractivity contribution is 7.07. The van der Waals surface area contributed by atoms with Crippen LogP contribution in [0.25, 0.3) is 11.8 Å². The molecule has 0 spiro atoms. The fraction of sp³-hybridized carbons (Fsp3) is 0.194. The lowest BCUT2D eigenvalue weighted by molar-refractivity contribution is -0.138. The lowest BCUT2D eigenvalue weighted by Crippen LogP contribution is -2.40. The fourth-order valence-electron chi connectivity index (χ4n) is 4.78. The number of aromatic hydroxyl groups is 1. The van der Waals surface area contributed by atoms with Crippen LogP contribution in [0.2, 0.25) is 0 Å². The van der Waals surface area contributed by atoms with E-state index >= 15 is 0 Å². The number of methoxy groups -OCH3 is 2. The number of esters is 1. The van der Waals surface area contributed by atoms with Crippen molar-refractivity contribution < 1.29 is 24.1 Å². The number of thiazole rings is 1. The van der Waals surface area contributed by atoms with Crippen LogP contribution in [-0.4, -0.2) is 36.5 Å². The number of phenols is 1. The number of phenolic OH excluding ortho intramolecular Hbond substituents is 1. The van der Waals surface area contributed by atoms with Gasteiger partial charge >= 0.3 is 5.97 Å². The molecule has 9 heteroatoms. The second-order valence-electron chi connectivity index (χ2n) is 9.06. The number of carbonyl (C=O) groups is 1. The number of para-hydroxylation sites is 1. The quantitative estimate of drug-likeness (QED) is 0.346. The largest absolute Gasteiger partial charge is 0.508 e. The summed E-state index contributed by atoms with van der Waals surface area (Å²) in [6.07, 6.45) is 1.76. The van der Waals surface area contributed by atoms with Gasteiger partial charge in [0.2, 0.25) is 0 Å². The molecular formula is C31H28N2O6S. The molecule has 2 heterocycles. The van der Waals surface area contributed by atoms with E-state index in [0.717, 1.165) is 5.56 Å². The zero-order valence-electron chi connectivity index (χ0n) is 22.5. The molecule has 1 N–H and O–H groups in total. The van der Waals surface area contributed by atoms with Crippen LogP contribution in [-0.2, 0) is 9.53 Å². The topological polar surface area (TPSA) is 99.4 Å². The summed E-state index contributed by atoms with van der Waals surface area (Å²) in [5, 5.41) is 9.95. The van der Waals surface area contributed by atoms with Crippen molar-refractivity contribution in [2.24, 2.45) is 4.99 Å². The van der Waals surface area contributed by atoms with Gasteiger partial charge in [0.25, 0.3) is 5.56 Å². The molecule has 0 bridgehead atoms. The Morgan fingerprint density at radius 1 is 1.07 bits per heavy atom. The molecular weight excluding hydrogens is 528 g/mol. The zero-order valence-corrected chi connectivity index (χ0v) is 23.3.